The summed E-state index contributed by atoms with van der Waals surface area (Å²) in [7, 11) is 0. The number of rotatable bonds is 7. The topological polar surface area (TPSA) is 105 Å². The molecule has 1 heterocycles. The Bertz CT molecular complexity index is 579. The SMILES string of the molecule is O=C1NC(=O)C(CCC(=O)OCC(=O)N(C2CCCCC2)C2CCCCC2)N1. The van der Waals surface area contributed by atoms with E-state index in [0.29, 0.717) is 0 Å². The van der Waals surface area contributed by atoms with Gasteiger partial charge in [-0.3, -0.25) is 19.7 Å². The zero-order valence-corrected chi connectivity index (χ0v) is 16.4. The summed E-state index contributed by atoms with van der Waals surface area (Å²) < 4.78 is 5.21. The Balaban J connectivity index is 1.48. The van der Waals surface area contributed by atoms with Crippen molar-refractivity contribution in [2.24, 2.45) is 0 Å². The van der Waals surface area contributed by atoms with E-state index in [1.165, 1.54) is 12.8 Å². The molecule has 1 aliphatic heterocycles. The molecule has 2 saturated carbocycles. The largest absolute Gasteiger partial charge is 0.456 e. The van der Waals surface area contributed by atoms with Gasteiger partial charge in [-0.05, 0) is 32.1 Å². The number of urea groups is 1. The summed E-state index contributed by atoms with van der Waals surface area (Å²) in [5.41, 5.74) is 0. The van der Waals surface area contributed by atoms with Crippen molar-refractivity contribution < 1.29 is 23.9 Å². The van der Waals surface area contributed by atoms with Gasteiger partial charge in [-0.1, -0.05) is 38.5 Å². The lowest BCUT2D eigenvalue weighted by Crippen LogP contribution is -2.50. The van der Waals surface area contributed by atoms with Gasteiger partial charge >= 0.3 is 12.0 Å². The number of esters is 1. The first-order chi connectivity index (χ1) is 13.5. The minimum absolute atomic E-state index is 0.0154. The molecule has 0 aromatic rings. The molecule has 3 rings (SSSR count). The molecule has 2 aliphatic carbocycles. The van der Waals surface area contributed by atoms with Crippen LogP contribution in [0.1, 0.15) is 77.0 Å². The average molecular weight is 393 g/mol. The molecule has 8 nitrogen and oxygen atoms in total. The van der Waals surface area contributed by atoms with Crippen LogP contribution in [0.15, 0.2) is 0 Å². The van der Waals surface area contributed by atoms with Crippen molar-refractivity contribution >= 4 is 23.8 Å². The van der Waals surface area contributed by atoms with Crippen LogP contribution in [0, 0.1) is 0 Å². The summed E-state index contributed by atoms with van der Waals surface area (Å²) in [4.78, 5) is 49.6. The van der Waals surface area contributed by atoms with Crippen molar-refractivity contribution in [1.29, 1.82) is 0 Å². The van der Waals surface area contributed by atoms with E-state index in [-0.39, 0.29) is 37.4 Å². The predicted molar refractivity (Wildman–Crippen MR) is 101 cm³/mol. The molecular weight excluding hydrogens is 362 g/mol. The van der Waals surface area contributed by atoms with Gasteiger partial charge in [0.1, 0.15) is 6.04 Å². The fourth-order valence-corrected chi connectivity index (χ4v) is 4.64. The smallest absolute Gasteiger partial charge is 0.322 e. The second-order valence-corrected chi connectivity index (χ2v) is 8.10. The molecule has 4 amide bonds. The van der Waals surface area contributed by atoms with E-state index in [9.17, 15) is 19.2 Å². The monoisotopic (exact) mass is 393 g/mol. The first-order valence-electron chi connectivity index (χ1n) is 10.6. The van der Waals surface area contributed by atoms with Crippen LogP contribution in [0.25, 0.3) is 0 Å². The minimum atomic E-state index is -0.711. The first-order valence-corrected chi connectivity index (χ1v) is 10.6. The van der Waals surface area contributed by atoms with Gasteiger partial charge in [0.2, 0.25) is 0 Å². The maximum atomic E-state index is 12.9. The van der Waals surface area contributed by atoms with Crippen LogP contribution in [0.5, 0.6) is 0 Å². The molecule has 1 atom stereocenters. The highest BCUT2D eigenvalue weighted by atomic mass is 16.5. The van der Waals surface area contributed by atoms with E-state index >= 15 is 0 Å². The van der Waals surface area contributed by atoms with Crippen molar-refractivity contribution in [3.05, 3.63) is 0 Å². The maximum Gasteiger partial charge on any atom is 0.322 e. The number of nitrogens with zero attached hydrogens (tertiary/aromatic N) is 1. The van der Waals surface area contributed by atoms with Gasteiger partial charge in [0.05, 0.1) is 0 Å². The number of amides is 4. The lowest BCUT2D eigenvalue weighted by atomic mass is 9.88. The molecule has 0 aromatic heterocycles. The second-order valence-electron chi connectivity index (χ2n) is 8.10. The molecule has 1 saturated heterocycles. The van der Waals surface area contributed by atoms with Crippen molar-refractivity contribution in [3.8, 4) is 0 Å². The van der Waals surface area contributed by atoms with Crippen LogP contribution in [0.4, 0.5) is 4.79 Å². The van der Waals surface area contributed by atoms with Crippen molar-refractivity contribution in [1.82, 2.24) is 15.5 Å². The second kappa shape index (κ2) is 9.89. The first kappa shape index (κ1) is 20.6. The van der Waals surface area contributed by atoms with E-state index in [2.05, 4.69) is 10.6 Å². The molecule has 3 aliphatic rings. The fraction of sp³-hybridized carbons (Fsp3) is 0.800. The third-order valence-corrected chi connectivity index (χ3v) is 6.08. The Kier molecular flexibility index (Phi) is 7.28. The Morgan fingerprint density at radius 3 is 2.00 bits per heavy atom. The molecule has 3 fully saturated rings. The van der Waals surface area contributed by atoms with Gasteiger partial charge in [-0.2, -0.15) is 0 Å². The third-order valence-electron chi connectivity index (χ3n) is 6.08. The number of nitrogens with one attached hydrogen (secondary N) is 2. The average Bonchev–Trinajstić information content (AvgIpc) is 3.03. The van der Waals surface area contributed by atoms with Crippen LogP contribution >= 0.6 is 0 Å². The molecule has 0 radical (unpaired) electrons. The normalized spacial score (nSPS) is 23.8. The van der Waals surface area contributed by atoms with Crippen LogP contribution in [-0.2, 0) is 19.1 Å². The highest BCUT2D eigenvalue weighted by Crippen LogP contribution is 2.30. The summed E-state index contributed by atoms with van der Waals surface area (Å²) in [6, 6.07) is -0.730. The molecule has 0 bridgehead atoms. The molecular formula is C20H31N3O5. The molecule has 28 heavy (non-hydrogen) atoms. The van der Waals surface area contributed by atoms with Crippen molar-refractivity contribution in [2.45, 2.75) is 95.2 Å². The summed E-state index contributed by atoms with van der Waals surface area (Å²) in [5, 5.41) is 4.57. The van der Waals surface area contributed by atoms with Crippen LogP contribution in [0.3, 0.4) is 0 Å². The lowest BCUT2D eigenvalue weighted by Gasteiger charge is -2.41. The molecule has 8 heteroatoms. The van der Waals surface area contributed by atoms with Crippen LogP contribution in [0.2, 0.25) is 0 Å². The Morgan fingerprint density at radius 2 is 1.50 bits per heavy atom. The van der Waals surface area contributed by atoms with Gasteiger partial charge in [-0.25, -0.2) is 4.79 Å². The number of imide groups is 1. The van der Waals surface area contributed by atoms with E-state index in [0.717, 1.165) is 51.4 Å². The molecule has 2 N–H and O–H groups in total. The van der Waals surface area contributed by atoms with Gasteiger partial charge in [-0.15, -0.1) is 0 Å². The van der Waals surface area contributed by atoms with Gasteiger partial charge < -0.3 is 15.0 Å². The van der Waals surface area contributed by atoms with E-state index in [1.54, 1.807) is 0 Å². The molecule has 156 valence electrons. The van der Waals surface area contributed by atoms with E-state index in [4.69, 9.17) is 4.74 Å². The predicted octanol–water partition coefficient (Wildman–Crippen LogP) is 2.01. The summed E-state index contributed by atoms with van der Waals surface area (Å²) in [6.45, 7) is -0.241. The molecule has 1 unspecified atom stereocenters. The van der Waals surface area contributed by atoms with Crippen LogP contribution < -0.4 is 10.6 Å². The minimum Gasteiger partial charge on any atom is -0.456 e. The summed E-state index contributed by atoms with van der Waals surface area (Å²) >= 11 is 0. The maximum absolute atomic E-state index is 12.9. The molecule has 0 spiro atoms. The summed E-state index contributed by atoms with van der Waals surface area (Å²) in [6.07, 6.45) is 11.3. The standard InChI is InChI=1S/C20H31N3O5/c24-17(13-28-18(25)12-11-16-19(26)22-20(27)21-16)23(14-7-3-1-4-8-14)15-9-5-2-6-10-15/h14-16H,1-13H2,(H2,21,22,26,27). The highest BCUT2D eigenvalue weighted by molar-refractivity contribution is 6.04. The number of ether oxygens (including phenoxy) is 1. The Labute approximate surface area is 165 Å². The van der Waals surface area contributed by atoms with Crippen molar-refractivity contribution in [3.63, 3.8) is 0 Å². The third kappa shape index (κ3) is 5.45. The number of hydrogen-bond donors (Lipinski definition) is 2. The number of hydrogen-bond acceptors (Lipinski definition) is 5. The Morgan fingerprint density at radius 1 is 0.929 bits per heavy atom. The molecule has 0 aromatic carbocycles. The highest BCUT2D eigenvalue weighted by Gasteiger charge is 2.33. The van der Waals surface area contributed by atoms with E-state index < -0.39 is 23.9 Å². The van der Waals surface area contributed by atoms with Gasteiger partial charge in [0.15, 0.2) is 6.61 Å². The number of carbonyl (C=O) groups is 4. The van der Waals surface area contributed by atoms with Crippen LogP contribution in [-0.4, -0.2) is 53.4 Å². The Hall–Kier alpha value is -2.12. The van der Waals surface area contributed by atoms with Gasteiger partial charge in [0, 0.05) is 18.5 Å². The fourth-order valence-electron chi connectivity index (χ4n) is 4.64. The quantitative estimate of drug-likeness (QED) is 0.508. The van der Waals surface area contributed by atoms with E-state index in [1.807, 2.05) is 4.90 Å². The summed E-state index contributed by atoms with van der Waals surface area (Å²) in [5.74, 6) is -1.05. The van der Waals surface area contributed by atoms with Crippen molar-refractivity contribution in [2.75, 3.05) is 6.61 Å². The zero-order valence-electron chi connectivity index (χ0n) is 16.4. The zero-order chi connectivity index (χ0) is 19.9. The number of carbonyl (C=O) groups excluding carboxylic acids is 4. The van der Waals surface area contributed by atoms with Gasteiger partial charge in [0.25, 0.3) is 11.8 Å². The lowest BCUT2D eigenvalue weighted by molar-refractivity contribution is -0.155.